The molecule has 1 fully saturated rings. The molecule has 1 aromatic rings. The number of aliphatic hydroxyl groups is 1. The maximum absolute atomic E-state index is 14.2. The van der Waals surface area contributed by atoms with Crippen molar-refractivity contribution < 1.29 is 27.1 Å². The Morgan fingerprint density at radius 3 is 2.23 bits per heavy atom. The molecular formula is C14H17F5N2O. The predicted octanol–water partition coefficient (Wildman–Crippen LogP) is 2.28. The normalized spacial score (nSPS) is 19.2. The van der Waals surface area contributed by atoms with E-state index in [1.165, 1.54) is 11.0 Å². The van der Waals surface area contributed by atoms with Gasteiger partial charge in [0.25, 0.3) is 5.92 Å². The van der Waals surface area contributed by atoms with Crippen molar-refractivity contribution in [2.75, 3.05) is 32.8 Å². The first kappa shape index (κ1) is 17.1. The van der Waals surface area contributed by atoms with E-state index >= 15 is 0 Å². The summed E-state index contributed by atoms with van der Waals surface area (Å²) in [5, 5.41) is 11.9. The second-order valence-electron chi connectivity index (χ2n) is 5.19. The molecule has 1 aliphatic rings. The number of nitrogens with one attached hydrogen (secondary N) is 1. The van der Waals surface area contributed by atoms with Crippen molar-refractivity contribution in [3.63, 3.8) is 0 Å². The van der Waals surface area contributed by atoms with Crippen molar-refractivity contribution in [2.24, 2.45) is 0 Å². The molecule has 0 radical (unpaired) electrons. The van der Waals surface area contributed by atoms with Crippen molar-refractivity contribution in [3.05, 3.63) is 35.4 Å². The lowest BCUT2D eigenvalue weighted by atomic mass is 9.93. The van der Waals surface area contributed by atoms with Gasteiger partial charge in [-0.15, -0.1) is 0 Å². The van der Waals surface area contributed by atoms with Gasteiger partial charge in [0.2, 0.25) is 0 Å². The minimum atomic E-state index is -4.73. The summed E-state index contributed by atoms with van der Waals surface area (Å²) in [7, 11) is 0. The molecule has 1 atom stereocenters. The maximum Gasteiger partial charge on any atom is 0.416 e. The minimum absolute atomic E-state index is 0.187. The Morgan fingerprint density at radius 1 is 1.09 bits per heavy atom. The fraction of sp³-hybridized carbons (Fsp3) is 0.571. The van der Waals surface area contributed by atoms with Crippen LogP contribution in [0.25, 0.3) is 0 Å². The van der Waals surface area contributed by atoms with E-state index in [2.05, 4.69) is 5.32 Å². The van der Waals surface area contributed by atoms with Crippen molar-refractivity contribution >= 4 is 0 Å². The van der Waals surface area contributed by atoms with E-state index in [1.807, 2.05) is 0 Å². The molecule has 0 spiro atoms. The molecule has 3 nitrogen and oxygen atoms in total. The van der Waals surface area contributed by atoms with E-state index < -0.39 is 35.9 Å². The summed E-state index contributed by atoms with van der Waals surface area (Å²) in [6, 6.07) is 2.50. The first-order valence-electron chi connectivity index (χ1n) is 6.87. The van der Waals surface area contributed by atoms with Crippen LogP contribution >= 0.6 is 0 Å². The molecule has 1 aliphatic heterocycles. The minimum Gasteiger partial charge on any atom is -0.390 e. The monoisotopic (exact) mass is 324 g/mol. The van der Waals surface area contributed by atoms with Gasteiger partial charge >= 0.3 is 6.18 Å². The summed E-state index contributed by atoms with van der Waals surface area (Å²) < 4.78 is 67.7. The Balaban J connectivity index is 2.50. The summed E-state index contributed by atoms with van der Waals surface area (Å²) >= 11 is 0. The summed E-state index contributed by atoms with van der Waals surface area (Å²) in [5.41, 5.74) is -1.59. The van der Waals surface area contributed by atoms with Crippen LogP contribution in [0, 0.1) is 0 Å². The largest absolute Gasteiger partial charge is 0.416 e. The standard InChI is InChI=1S/C14H17F5N2O/c15-13(16,9-22)12(21-7-5-20-6-8-21)10-3-1-2-4-11(10)14(17,18)19/h1-4,12,20,22H,5-9H2/t12-/m0/s1. The molecule has 22 heavy (non-hydrogen) atoms. The van der Waals surface area contributed by atoms with Gasteiger partial charge in [-0.05, 0) is 11.6 Å². The zero-order valence-electron chi connectivity index (χ0n) is 11.7. The average molecular weight is 324 g/mol. The van der Waals surface area contributed by atoms with Gasteiger partial charge in [-0.1, -0.05) is 18.2 Å². The SMILES string of the molecule is OCC(F)(F)[C@H](c1ccccc1C(F)(F)F)N1CCNCC1. The predicted molar refractivity (Wildman–Crippen MR) is 70.7 cm³/mol. The Labute approximate surface area is 124 Å². The number of halogens is 5. The van der Waals surface area contributed by atoms with E-state index in [4.69, 9.17) is 5.11 Å². The van der Waals surface area contributed by atoms with E-state index in [0.29, 0.717) is 13.1 Å². The number of rotatable bonds is 4. The third-order valence-electron chi connectivity index (χ3n) is 3.69. The highest BCUT2D eigenvalue weighted by Crippen LogP contribution is 2.42. The van der Waals surface area contributed by atoms with Gasteiger partial charge in [0.05, 0.1) is 5.56 Å². The second kappa shape index (κ2) is 6.47. The van der Waals surface area contributed by atoms with Crippen LogP contribution in [0.15, 0.2) is 24.3 Å². The van der Waals surface area contributed by atoms with Gasteiger partial charge in [0.15, 0.2) is 0 Å². The van der Waals surface area contributed by atoms with Gasteiger partial charge in [-0.2, -0.15) is 13.2 Å². The summed E-state index contributed by atoms with van der Waals surface area (Å²) in [6.07, 6.45) is -4.73. The van der Waals surface area contributed by atoms with Crippen molar-refractivity contribution in [3.8, 4) is 0 Å². The highest BCUT2D eigenvalue weighted by atomic mass is 19.4. The molecule has 2 rings (SSSR count). The number of nitrogens with zero attached hydrogens (tertiary/aromatic N) is 1. The first-order chi connectivity index (χ1) is 10.3. The molecule has 0 unspecified atom stereocenters. The lowest BCUT2D eigenvalue weighted by Crippen LogP contribution is -2.51. The fourth-order valence-electron chi connectivity index (χ4n) is 2.71. The molecule has 1 heterocycles. The lowest BCUT2D eigenvalue weighted by molar-refractivity contribution is -0.145. The van der Waals surface area contributed by atoms with Crippen LogP contribution in [0.4, 0.5) is 22.0 Å². The van der Waals surface area contributed by atoms with Crippen LogP contribution in [-0.2, 0) is 6.18 Å². The van der Waals surface area contributed by atoms with Crippen LogP contribution in [-0.4, -0.2) is 48.7 Å². The number of alkyl halides is 5. The molecule has 124 valence electrons. The van der Waals surface area contributed by atoms with Crippen LogP contribution in [0.1, 0.15) is 17.2 Å². The number of benzene rings is 1. The van der Waals surface area contributed by atoms with Gasteiger partial charge < -0.3 is 10.4 Å². The van der Waals surface area contributed by atoms with Crippen molar-refractivity contribution in [1.29, 1.82) is 0 Å². The molecule has 0 saturated carbocycles. The summed E-state index contributed by atoms with van der Waals surface area (Å²) in [5.74, 6) is -3.67. The van der Waals surface area contributed by atoms with Crippen molar-refractivity contribution in [2.45, 2.75) is 18.1 Å². The van der Waals surface area contributed by atoms with Gasteiger partial charge in [0, 0.05) is 26.2 Å². The molecule has 8 heteroatoms. The van der Waals surface area contributed by atoms with Crippen LogP contribution in [0.3, 0.4) is 0 Å². The molecule has 0 aliphatic carbocycles. The molecule has 1 saturated heterocycles. The Hall–Kier alpha value is -1.25. The van der Waals surface area contributed by atoms with Crippen LogP contribution in [0.5, 0.6) is 0 Å². The smallest absolute Gasteiger partial charge is 0.390 e. The van der Waals surface area contributed by atoms with Gasteiger partial charge in [-0.25, -0.2) is 8.78 Å². The maximum atomic E-state index is 14.2. The molecular weight excluding hydrogens is 307 g/mol. The molecule has 0 bridgehead atoms. The highest BCUT2D eigenvalue weighted by Gasteiger charge is 2.47. The number of hydrogen-bond donors (Lipinski definition) is 2. The summed E-state index contributed by atoms with van der Waals surface area (Å²) in [6.45, 7) is -0.314. The molecule has 1 aromatic carbocycles. The van der Waals surface area contributed by atoms with E-state index in [-0.39, 0.29) is 13.1 Å². The Morgan fingerprint density at radius 2 is 1.68 bits per heavy atom. The Kier molecular flexibility index (Phi) is 5.03. The van der Waals surface area contributed by atoms with Gasteiger partial charge in [0.1, 0.15) is 12.6 Å². The van der Waals surface area contributed by atoms with Crippen LogP contribution < -0.4 is 5.32 Å². The van der Waals surface area contributed by atoms with Crippen molar-refractivity contribution in [1.82, 2.24) is 10.2 Å². The summed E-state index contributed by atoms with van der Waals surface area (Å²) in [4.78, 5) is 1.29. The second-order valence-corrected chi connectivity index (χ2v) is 5.19. The molecule has 2 N–H and O–H groups in total. The zero-order chi connectivity index (χ0) is 16.4. The van der Waals surface area contributed by atoms with Crippen LogP contribution in [0.2, 0.25) is 0 Å². The van der Waals surface area contributed by atoms with E-state index in [1.54, 1.807) is 0 Å². The number of aliphatic hydroxyl groups excluding tert-OH is 1. The average Bonchev–Trinajstić information content (AvgIpc) is 2.48. The Bertz CT molecular complexity index is 500. The molecule has 0 amide bonds. The topological polar surface area (TPSA) is 35.5 Å². The van der Waals surface area contributed by atoms with E-state index in [0.717, 1.165) is 18.2 Å². The number of hydrogen-bond acceptors (Lipinski definition) is 3. The van der Waals surface area contributed by atoms with Gasteiger partial charge in [-0.3, -0.25) is 4.90 Å². The fourth-order valence-corrected chi connectivity index (χ4v) is 2.71. The quantitative estimate of drug-likeness (QED) is 0.834. The molecule has 0 aromatic heterocycles. The van der Waals surface area contributed by atoms with E-state index in [9.17, 15) is 22.0 Å². The number of piperazine rings is 1. The lowest BCUT2D eigenvalue weighted by Gasteiger charge is -2.39. The highest BCUT2D eigenvalue weighted by molar-refractivity contribution is 5.34. The first-order valence-corrected chi connectivity index (χ1v) is 6.87. The third-order valence-corrected chi connectivity index (χ3v) is 3.69. The zero-order valence-corrected chi connectivity index (χ0v) is 11.7. The third kappa shape index (κ3) is 3.56.